The average molecular weight is 224 g/mol. The summed E-state index contributed by atoms with van der Waals surface area (Å²) in [4.78, 5) is 14.2. The van der Waals surface area contributed by atoms with Crippen molar-refractivity contribution in [3.63, 3.8) is 0 Å². The molecule has 0 aromatic rings. The molecule has 1 aliphatic carbocycles. The van der Waals surface area contributed by atoms with Gasteiger partial charge in [-0.1, -0.05) is 33.1 Å². The van der Waals surface area contributed by atoms with Gasteiger partial charge in [-0.05, 0) is 24.7 Å². The van der Waals surface area contributed by atoms with Crippen LogP contribution in [0.1, 0.15) is 46.0 Å². The maximum atomic E-state index is 12.2. The molecule has 2 atom stereocenters. The fraction of sp³-hybridized carbons (Fsp3) is 0.923. The molecule has 0 spiro atoms. The molecular weight excluding hydrogens is 200 g/mol. The van der Waals surface area contributed by atoms with Gasteiger partial charge in [-0.25, -0.2) is 0 Å². The minimum absolute atomic E-state index is 0.0754. The number of nitrogens with zero attached hydrogens (tertiary/aromatic N) is 1. The summed E-state index contributed by atoms with van der Waals surface area (Å²) < 4.78 is 0. The van der Waals surface area contributed by atoms with Crippen LogP contribution in [0.4, 0.5) is 0 Å². The van der Waals surface area contributed by atoms with Crippen molar-refractivity contribution >= 4 is 5.91 Å². The highest BCUT2D eigenvalue weighted by Crippen LogP contribution is 2.26. The van der Waals surface area contributed by atoms with Crippen molar-refractivity contribution < 1.29 is 4.79 Å². The van der Waals surface area contributed by atoms with Crippen LogP contribution >= 0.6 is 0 Å². The molecule has 0 bridgehead atoms. The molecule has 1 aliphatic heterocycles. The predicted molar refractivity (Wildman–Crippen MR) is 64.9 cm³/mol. The van der Waals surface area contributed by atoms with Gasteiger partial charge in [0.15, 0.2) is 0 Å². The second-order valence-corrected chi connectivity index (χ2v) is 5.44. The minimum atomic E-state index is 0.0754. The number of rotatable bonds is 4. The molecule has 1 amide bonds. The van der Waals surface area contributed by atoms with Gasteiger partial charge in [0.25, 0.3) is 0 Å². The molecule has 1 N–H and O–H groups in total. The molecule has 2 fully saturated rings. The van der Waals surface area contributed by atoms with Crippen molar-refractivity contribution in [2.45, 2.75) is 52.0 Å². The fourth-order valence-electron chi connectivity index (χ4n) is 2.91. The Bertz CT molecular complexity index is 248. The molecule has 1 saturated carbocycles. The quantitative estimate of drug-likeness (QED) is 0.792. The van der Waals surface area contributed by atoms with Gasteiger partial charge in [0.05, 0.1) is 12.7 Å². The Labute approximate surface area is 98.6 Å². The Morgan fingerprint density at radius 3 is 2.75 bits per heavy atom. The third kappa shape index (κ3) is 2.40. The smallest absolute Gasteiger partial charge is 0.241 e. The van der Waals surface area contributed by atoms with Crippen LogP contribution in [0, 0.1) is 11.8 Å². The van der Waals surface area contributed by atoms with E-state index in [1.54, 1.807) is 0 Å². The monoisotopic (exact) mass is 224 g/mol. The van der Waals surface area contributed by atoms with Crippen molar-refractivity contribution in [1.82, 2.24) is 10.2 Å². The second-order valence-electron chi connectivity index (χ2n) is 5.44. The van der Waals surface area contributed by atoms with Crippen LogP contribution in [0.15, 0.2) is 0 Å². The van der Waals surface area contributed by atoms with Gasteiger partial charge in [-0.15, -0.1) is 0 Å². The van der Waals surface area contributed by atoms with E-state index in [-0.39, 0.29) is 6.04 Å². The van der Waals surface area contributed by atoms with Crippen LogP contribution in [-0.2, 0) is 4.79 Å². The number of nitrogens with one attached hydrogen (secondary N) is 1. The largest absolute Gasteiger partial charge is 0.328 e. The van der Waals surface area contributed by atoms with Crippen LogP contribution < -0.4 is 5.32 Å². The zero-order valence-corrected chi connectivity index (χ0v) is 10.5. The highest BCUT2D eigenvalue weighted by molar-refractivity contribution is 5.84. The molecule has 0 aromatic heterocycles. The highest BCUT2D eigenvalue weighted by atomic mass is 16.2. The van der Waals surface area contributed by atoms with E-state index in [9.17, 15) is 4.79 Å². The Balaban J connectivity index is 1.86. The number of hydrogen-bond donors (Lipinski definition) is 1. The van der Waals surface area contributed by atoms with Crippen LogP contribution in [0.25, 0.3) is 0 Å². The summed E-state index contributed by atoms with van der Waals surface area (Å²) in [7, 11) is 0. The summed E-state index contributed by atoms with van der Waals surface area (Å²) in [5, 5.41) is 3.36. The van der Waals surface area contributed by atoms with Gasteiger partial charge in [0.1, 0.15) is 0 Å². The Morgan fingerprint density at radius 2 is 2.12 bits per heavy atom. The molecule has 92 valence electrons. The van der Waals surface area contributed by atoms with E-state index in [1.807, 2.05) is 4.90 Å². The lowest BCUT2D eigenvalue weighted by atomic mass is 9.99. The van der Waals surface area contributed by atoms with Gasteiger partial charge < -0.3 is 4.90 Å². The van der Waals surface area contributed by atoms with Crippen molar-refractivity contribution in [2.75, 3.05) is 13.2 Å². The third-order valence-corrected chi connectivity index (χ3v) is 4.25. The lowest BCUT2D eigenvalue weighted by Gasteiger charge is -2.20. The van der Waals surface area contributed by atoms with E-state index in [0.717, 1.165) is 25.6 Å². The zero-order valence-electron chi connectivity index (χ0n) is 10.5. The summed E-state index contributed by atoms with van der Waals surface area (Å²) in [6, 6.07) is 0.0754. The minimum Gasteiger partial charge on any atom is -0.328 e. The molecular formula is C13H24N2O. The number of carbonyl (C=O) groups is 1. The normalized spacial score (nSPS) is 29.0. The van der Waals surface area contributed by atoms with Crippen molar-refractivity contribution in [3.8, 4) is 0 Å². The van der Waals surface area contributed by atoms with E-state index >= 15 is 0 Å². The predicted octanol–water partition coefficient (Wildman–Crippen LogP) is 1.98. The lowest BCUT2D eigenvalue weighted by molar-refractivity contribution is -0.130. The van der Waals surface area contributed by atoms with Crippen LogP contribution in [0.5, 0.6) is 0 Å². The van der Waals surface area contributed by atoms with Gasteiger partial charge in [0, 0.05) is 6.54 Å². The molecule has 2 aliphatic rings. The Hall–Kier alpha value is -0.570. The Kier molecular flexibility index (Phi) is 3.85. The highest BCUT2D eigenvalue weighted by Gasteiger charge is 2.35. The topological polar surface area (TPSA) is 32.3 Å². The number of amides is 1. The van der Waals surface area contributed by atoms with E-state index in [4.69, 9.17) is 0 Å². The van der Waals surface area contributed by atoms with Crippen LogP contribution in [-0.4, -0.2) is 30.1 Å². The molecule has 1 heterocycles. The molecule has 3 nitrogen and oxygen atoms in total. The van der Waals surface area contributed by atoms with Crippen molar-refractivity contribution in [3.05, 3.63) is 0 Å². The van der Waals surface area contributed by atoms with Gasteiger partial charge >= 0.3 is 0 Å². The van der Waals surface area contributed by atoms with Crippen molar-refractivity contribution in [1.29, 1.82) is 0 Å². The Morgan fingerprint density at radius 1 is 1.44 bits per heavy atom. The second kappa shape index (κ2) is 5.17. The first-order valence-corrected chi connectivity index (χ1v) is 6.74. The van der Waals surface area contributed by atoms with Crippen molar-refractivity contribution in [2.24, 2.45) is 11.8 Å². The maximum absolute atomic E-state index is 12.2. The zero-order chi connectivity index (χ0) is 11.5. The maximum Gasteiger partial charge on any atom is 0.241 e. The first-order chi connectivity index (χ1) is 7.72. The lowest BCUT2D eigenvalue weighted by Crippen LogP contribution is -2.36. The summed E-state index contributed by atoms with van der Waals surface area (Å²) in [6.45, 7) is 6.07. The van der Waals surface area contributed by atoms with E-state index < -0.39 is 0 Å². The summed E-state index contributed by atoms with van der Waals surface area (Å²) in [5.41, 5.74) is 0. The molecule has 16 heavy (non-hydrogen) atoms. The number of hydrogen-bond acceptors (Lipinski definition) is 2. The van der Waals surface area contributed by atoms with E-state index in [2.05, 4.69) is 19.2 Å². The molecule has 1 saturated heterocycles. The molecule has 2 rings (SSSR count). The molecule has 0 radical (unpaired) electrons. The van der Waals surface area contributed by atoms with Gasteiger partial charge in [0.2, 0.25) is 5.91 Å². The summed E-state index contributed by atoms with van der Waals surface area (Å²) >= 11 is 0. The first-order valence-electron chi connectivity index (χ1n) is 6.74. The molecule has 2 unspecified atom stereocenters. The fourth-order valence-corrected chi connectivity index (χ4v) is 2.91. The SMILES string of the molecule is CCC(C)C1NCN(CC2CCCC2)C1=O. The average Bonchev–Trinajstić information content (AvgIpc) is 2.90. The van der Waals surface area contributed by atoms with Crippen LogP contribution in [0.2, 0.25) is 0 Å². The number of carbonyl (C=O) groups excluding carboxylic acids is 1. The van der Waals surface area contributed by atoms with Gasteiger partial charge in [-0.3, -0.25) is 10.1 Å². The first kappa shape index (κ1) is 11.9. The molecule has 3 heteroatoms. The van der Waals surface area contributed by atoms with Gasteiger partial charge in [-0.2, -0.15) is 0 Å². The molecule has 0 aromatic carbocycles. The summed E-state index contributed by atoms with van der Waals surface area (Å²) in [6.07, 6.45) is 6.42. The standard InChI is InChI=1S/C13H24N2O/c1-3-10(2)12-13(16)15(9-14-12)8-11-6-4-5-7-11/h10-12,14H,3-9H2,1-2H3. The third-order valence-electron chi connectivity index (χ3n) is 4.25. The van der Waals surface area contributed by atoms with E-state index in [0.29, 0.717) is 11.8 Å². The summed E-state index contributed by atoms with van der Waals surface area (Å²) in [5.74, 6) is 1.56. The van der Waals surface area contributed by atoms with Crippen LogP contribution in [0.3, 0.4) is 0 Å². The van der Waals surface area contributed by atoms with E-state index in [1.165, 1.54) is 25.7 Å².